The summed E-state index contributed by atoms with van der Waals surface area (Å²) in [6, 6.07) is 0. The van der Waals surface area contributed by atoms with Crippen LogP contribution in [0.5, 0.6) is 0 Å². The van der Waals surface area contributed by atoms with E-state index in [0.717, 1.165) is 56.9 Å². The summed E-state index contributed by atoms with van der Waals surface area (Å²) in [6.07, 6.45) is 24.6. The van der Waals surface area contributed by atoms with Crippen molar-refractivity contribution >= 4 is 27.8 Å². The second-order valence-electron chi connectivity index (χ2n) is 11.0. The van der Waals surface area contributed by atoms with E-state index >= 15 is 0 Å². The molecule has 0 aromatic heterocycles. The van der Waals surface area contributed by atoms with Gasteiger partial charge in [0.2, 0.25) is 5.91 Å². The maximum atomic E-state index is 12.8. The van der Waals surface area contributed by atoms with Gasteiger partial charge in [-0.25, -0.2) is 0 Å². The molecule has 0 spiro atoms. The molecule has 37 heavy (non-hydrogen) atoms. The van der Waals surface area contributed by atoms with Crippen LogP contribution in [0.15, 0.2) is 0 Å². The second-order valence-corrected chi connectivity index (χ2v) is 11.8. The Kier molecular flexibility index (Phi) is 28.0. The SMILES string of the molecule is CCCCCCC(CCCC)COC(=O)CCCCCN(CCCCCC)C(=O)CCCCCCCBr. The molecular weight excluding hydrogens is 526 g/mol. The van der Waals surface area contributed by atoms with E-state index in [-0.39, 0.29) is 5.97 Å². The highest BCUT2D eigenvalue weighted by molar-refractivity contribution is 9.09. The lowest BCUT2D eigenvalue weighted by Gasteiger charge is -2.23. The van der Waals surface area contributed by atoms with Crippen molar-refractivity contribution in [2.24, 2.45) is 5.92 Å². The van der Waals surface area contributed by atoms with Crippen LogP contribution in [0.3, 0.4) is 0 Å². The van der Waals surface area contributed by atoms with Gasteiger partial charge in [-0.05, 0) is 50.9 Å². The Bertz CT molecular complexity index is 514. The average Bonchev–Trinajstić information content (AvgIpc) is 2.90. The van der Waals surface area contributed by atoms with Gasteiger partial charge in [-0.3, -0.25) is 9.59 Å². The van der Waals surface area contributed by atoms with Gasteiger partial charge < -0.3 is 9.64 Å². The number of alkyl halides is 1. The predicted molar refractivity (Wildman–Crippen MR) is 163 cm³/mol. The van der Waals surface area contributed by atoms with Crippen molar-refractivity contribution in [2.45, 2.75) is 162 Å². The van der Waals surface area contributed by atoms with Crippen LogP contribution in [0.4, 0.5) is 0 Å². The number of halogens is 1. The molecule has 0 aromatic carbocycles. The number of esters is 1. The molecule has 0 rings (SSSR count). The third kappa shape index (κ3) is 24.2. The van der Waals surface area contributed by atoms with Gasteiger partial charge in [0.15, 0.2) is 0 Å². The van der Waals surface area contributed by atoms with Crippen molar-refractivity contribution < 1.29 is 14.3 Å². The molecule has 0 saturated heterocycles. The monoisotopic (exact) mass is 587 g/mol. The van der Waals surface area contributed by atoms with Gasteiger partial charge in [-0.1, -0.05) is 120 Å². The van der Waals surface area contributed by atoms with Gasteiger partial charge in [0.05, 0.1) is 6.61 Å². The van der Waals surface area contributed by atoms with Crippen molar-refractivity contribution in [3.8, 4) is 0 Å². The molecule has 0 aliphatic heterocycles. The normalized spacial score (nSPS) is 12.0. The molecule has 0 aliphatic rings. The first-order valence-corrected chi connectivity index (χ1v) is 17.2. The summed E-state index contributed by atoms with van der Waals surface area (Å²) in [7, 11) is 0. The lowest BCUT2D eigenvalue weighted by Crippen LogP contribution is -2.32. The molecule has 0 fully saturated rings. The Hall–Kier alpha value is -0.580. The highest BCUT2D eigenvalue weighted by Gasteiger charge is 2.14. The van der Waals surface area contributed by atoms with E-state index in [1.54, 1.807) is 0 Å². The molecule has 1 unspecified atom stereocenters. The van der Waals surface area contributed by atoms with Gasteiger partial charge in [-0.15, -0.1) is 0 Å². The van der Waals surface area contributed by atoms with E-state index in [4.69, 9.17) is 4.74 Å². The molecule has 220 valence electrons. The van der Waals surface area contributed by atoms with Crippen LogP contribution >= 0.6 is 15.9 Å². The number of unbranched alkanes of at least 4 members (excludes halogenated alkanes) is 13. The van der Waals surface area contributed by atoms with E-state index in [1.165, 1.54) is 89.9 Å². The fourth-order valence-corrected chi connectivity index (χ4v) is 5.24. The van der Waals surface area contributed by atoms with Crippen LogP contribution in [-0.2, 0) is 14.3 Å². The number of ether oxygens (including phenoxy) is 1. The van der Waals surface area contributed by atoms with Crippen molar-refractivity contribution in [1.82, 2.24) is 4.90 Å². The minimum atomic E-state index is -0.0394. The molecule has 1 amide bonds. The lowest BCUT2D eigenvalue weighted by atomic mass is 9.96. The van der Waals surface area contributed by atoms with Crippen LogP contribution < -0.4 is 0 Å². The Labute approximate surface area is 239 Å². The van der Waals surface area contributed by atoms with Gasteiger partial charge in [0.1, 0.15) is 0 Å². The van der Waals surface area contributed by atoms with E-state index in [1.807, 2.05) is 0 Å². The molecule has 4 nitrogen and oxygen atoms in total. The first-order chi connectivity index (χ1) is 18.1. The quantitative estimate of drug-likeness (QED) is 0.0519. The molecule has 0 heterocycles. The fraction of sp³-hybridized carbons (Fsp3) is 0.938. The minimum absolute atomic E-state index is 0.0394. The van der Waals surface area contributed by atoms with Crippen molar-refractivity contribution in [1.29, 1.82) is 0 Å². The number of carbonyl (C=O) groups excluding carboxylic acids is 2. The molecule has 0 bridgehead atoms. The topological polar surface area (TPSA) is 46.6 Å². The first kappa shape index (κ1) is 36.4. The highest BCUT2D eigenvalue weighted by atomic mass is 79.9. The zero-order chi connectivity index (χ0) is 27.4. The number of carbonyl (C=O) groups is 2. The number of hydrogen-bond acceptors (Lipinski definition) is 3. The molecule has 5 heteroatoms. The van der Waals surface area contributed by atoms with Crippen molar-refractivity contribution in [3.63, 3.8) is 0 Å². The average molecular weight is 589 g/mol. The Morgan fingerprint density at radius 3 is 1.78 bits per heavy atom. The highest BCUT2D eigenvalue weighted by Crippen LogP contribution is 2.18. The predicted octanol–water partition coefficient (Wildman–Crippen LogP) is 10.0. The van der Waals surface area contributed by atoms with Crippen LogP contribution in [0.1, 0.15) is 162 Å². The van der Waals surface area contributed by atoms with E-state index in [9.17, 15) is 9.59 Å². The number of nitrogens with zero attached hydrogens (tertiary/aromatic N) is 1. The fourth-order valence-electron chi connectivity index (χ4n) is 4.85. The number of hydrogen-bond donors (Lipinski definition) is 0. The van der Waals surface area contributed by atoms with Crippen LogP contribution in [0, 0.1) is 5.92 Å². The first-order valence-electron chi connectivity index (χ1n) is 16.1. The summed E-state index contributed by atoms with van der Waals surface area (Å²) >= 11 is 3.49. The molecular formula is C32H62BrNO3. The summed E-state index contributed by atoms with van der Waals surface area (Å²) < 4.78 is 5.67. The van der Waals surface area contributed by atoms with E-state index in [2.05, 4.69) is 41.6 Å². The number of amides is 1. The lowest BCUT2D eigenvalue weighted by molar-refractivity contribution is -0.145. The summed E-state index contributed by atoms with van der Waals surface area (Å²) in [5.74, 6) is 0.813. The maximum Gasteiger partial charge on any atom is 0.305 e. The molecule has 0 N–H and O–H groups in total. The molecule has 0 radical (unpaired) electrons. The third-order valence-electron chi connectivity index (χ3n) is 7.38. The smallest absolute Gasteiger partial charge is 0.305 e. The van der Waals surface area contributed by atoms with E-state index < -0.39 is 0 Å². The van der Waals surface area contributed by atoms with Gasteiger partial charge >= 0.3 is 5.97 Å². The standard InChI is InChI=1S/C32H62BrNO3/c1-4-7-10-16-23-30(22-9-6-3)29-37-32(36)25-18-15-21-28-34(27-20-11-8-5-2)31(35)24-17-13-12-14-19-26-33/h30H,4-29H2,1-3H3. The summed E-state index contributed by atoms with van der Waals surface area (Å²) in [6.45, 7) is 9.02. The summed E-state index contributed by atoms with van der Waals surface area (Å²) in [4.78, 5) is 27.3. The van der Waals surface area contributed by atoms with Crippen molar-refractivity contribution in [3.05, 3.63) is 0 Å². The van der Waals surface area contributed by atoms with Crippen molar-refractivity contribution in [2.75, 3.05) is 25.0 Å². The largest absolute Gasteiger partial charge is 0.465 e. The van der Waals surface area contributed by atoms with Crippen LogP contribution in [-0.4, -0.2) is 41.8 Å². The van der Waals surface area contributed by atoms with Gasteiger partial charge in [0.25, 0.3) is 0 Å². The molecule has 1 atom stereocenters. The summed E-state index contributed by atoms with van der Waals surface area (Å²) in [5, 5.41) is 1.08. The Morgan fingerprint density at radius 2 is 1.14 bits per heavy atom. The maximum absolute atomic E-state index is 12.8. The van der Waals surface area contributed by atoms with E-state index in [0.29, 0.717) is 31.3 Å². The molecule has 0 saturated carbocycles. The Morgan fingerprint density at radius 1 is 0.622 bits per heavy atom. The second kappa shape index (κ2) is 28.4. The van der Waals surface area contributed by atoms with Gasteiger partial charge in [0, 0.05) is 31.3 Å². The molecule has 0 aromatic rings. The van der Waals surface area contributed by atoms with Crippen LogP contribution in [0.2, 0.25) is 0 Å². The Balaban J connectivity index is 4.23. The zero-order valence-corrected chi connectivity index (χ0v) is 26.6. The number of rotatable bonds is 28. The minimum Gasteiger partial charge on any atom is -0.465 e. The third-order valence-corrected chi connectivity index (χ3v) is 7.94. The zero-order valence-electron chi connectivity index (χ0n) is 25.0. The molecule has 0 aliphatic carbocycles. The van der Waals surface area contributed by atoms with Crippen LogP contribution in [0.25, 0.3) is 0 Å². The summed E-state index contributed by atoms with van der Waals surface area (Å²) in [5.41, 5.74) is 0. The van der Waals surface area contributed by atoms with Gasteiger partial charge in [-0.2, -0.15) is 0 Å².